The number of nitrogens with zero attached hydrogens (tertiary/aromatic N) is 1. The minimum atomic E-state index is -1.58. The average molecular weight is 708 g/mol. The van der Waals surface area contributed by atoms with E-state index in [-0.39, 0.29) is 25.3 Å². The first-order chi connectivity index (χ1) is 25.1. The van der Waals surface area contributed by atoms with Crippen LogP contribution >= 0.6 is 0 Å². The van der Waals surface area contributed by atoms with Crippen LogP contribution in [0.25, 0.3) is 0 Å². The molecule has 0 aliphatic carbocycles. The van der Waals surface area contributed by atoms with Crippen molar-refractivity contribution in [1.29, 1.82) is 0 Å². The number of aliphatic hydroxyl groups excluding tert-OH is 1. The number of carbonyl (C=O) groups excluding carboxylic acids is 4. The molecule has 4 unspecified atom stereocenters. The third-order valence-electron chi connectivity index (χ3n) is 8.04. The lowest BCUT2D eigenvalue weighted by Gasteiger charge is -2.27. The highest BCUT2D eigenvalue weighted by Crippen LogP contribution is 2.28. The lowest BCUT2D eigenvalue weighted by atomic mass is 9.98. The fraction of sp³-hybridized carbons (Fsp3) is 0.275. The fourth-order valence-corrected chi connectivity index (χ4v) is 5.29. The minimum absolute atomic E-state index is 0.114. The number of fused-ring (bicyclic) bond motifs is 1. The van der Waals surface area contributed by atoms with Crippen LogP contribution in [-0.4, -0.2) is 72.9 Å². The Morgan fingerprint density at radius 3 is 2.00 bits per heavy atom. The first kappa shape index (κ1) is 38.8. The third-order valence-corrected chi connectivity index (χ3v) is 8.04. The highest BCUT2D eigenvalue weighted by molar-refractivity contribution is 5.92. The van der Waals surface area contributed by atoms with Crippen LogP contribution in [0.3, 0.4) is 0 Å². The summed E-state index contributed by atoms with van der Waals surface area (Å²) in [6, 6.07) is 30.2. The van der Waals surface area contributed by atoms with E-state index < -0.39 is 42.0 Å². The Morgan fingerprint density at radius 2 is 1.37 bits per heavy atom. The zero-order chi connectivity index (χ0) is 37.3. The van der Waals surface area contributed by atoms with Crippen molar-refractivity contribution >= 4 is 35.5 Å². The molecule has 0 bridgehead atoms. The van der Waals surface area contributed by atoms with Gasteiger partial charge < -0.3 is 35.8 Å². The molecule has 1 aliphatic heterocycles. The van der Waals surface area contributed by atoms with Crippen LogP contribution in [0, 0.1) is 0 Å². The van der Waals surface area contributed by atoms with Crippen molar-refractivity contribution in [3.63, 3.8) is 0 Å². The zero-order valence-corrected chi connectivity index (χ0v) is 29.5. The number of hydrogen-bond donors (Lipinski definition) is 5. The van der Waals surface area contributed by atoms with Gasteiger partial charge in [-0.15, -0.1) is 0 Å². The van der Waals surface area contributed by atoms with E-state index in [1.165, 1.54) is 13.8 Å². The van der Waals surface area contributed by atoms with Crippen LogP contribution < -0.4 is 30.7 Å². The van der Waals surface area contributed by atoms with Crippen molar-refractivity contribution in [2.45, 2.75) is 57.5 Å². The predicted octanol–water partition coefficient (Wildman–Crippen LogP) is 3.43. The molecule has 0 fully saturated rings. The number of amides is 4. The summed E-state index contributed by atoms with van der Waals surface area (Å²) in [6.07, 6.45) is 0.469. The van der Waals surface area contributed by atoms with Gasteiger partial charge in [0, 0.05) is 26.1 Å². The van der Waals surface area contributed by atoms with Crippen molar-refractivity contribution < 1.29 is 33.8 Å². The summed E-state index contributed by atoms with van der Waals surface area (Å²) in [6.45, 7) is 3.61. The van der Waals surface area contributed by atoms with E-state index in [1.807, 2.05) is 84.9 Å². The molecule has 4 aromatic carbocycles. The molecule has 1 heterocycles. The van der Waals surface area contributed by atoms with Gasteiger partial charge in [0.1, 0.15) is 35.9 Å². The maximum Gasteiger partial charge on any atom is 0.251 e. The maximum absolute atomic E-state index is 13.7. The lowest BCUT2D eigenvalue weighted by Crippen LogP contribution is -2.58. The summed E-state index contributed by atoms with van der Waals surface area (Å²) in [7, 11) is 1.54. The quantitative estimate of drug-likeness (QED) is 0.134. The van der Waals surface area contributed by atoms with E-state index in [0.29, 0.717) is 12.4 Å². The molecule has 12 heteroatoms. The Kier molecular flexibility index (Phi) is 14.9. The molecule has 0 saturated carbocycles. The van der Waals surface area contributed by atoms with Gasteiger partial charge in [-0.05, 0) is 54.3 Å². The molecule has 272 valence electrons. The third kappa shape index (κ3) is 12.4. The Labute approximate surface area is 303 Å². The smallest absolute Gasteiger partial charge is 0.251 e. The average Bonchev–Trinajstić information content (AvgIpc) is 3.17. The minimum Gasteiger partial charge on any atom is -0.497 e. The normalized spacial score (nSPS) is 13.6. The summed E-state index contributed by atoms with van der Waals surface area (Å²) in [5, 5.41) is 21.8. The zero-order valence-electron chi connectivity index (χ0n) is 29.5. The summed E-state index contributed by atoms with van der Waals surface area (Å²) >= 11 is 0. The summed E-state index contributed by atoms with van der Waals surface area (Å²) in [4.78, 5) is 55.2. The van der Waals surface area contributed by atoms with Crippen molar-refractivity contribution in [3.05, 3.63) is 126 Å². The number of rotatable bonds is 14. The van der Waals surface area contributed by atoms with Gasteiger partial charge in [0.15, 0.2) is 6.10 Å². The van der Waals surface area contributed by atoms with Gasteiger partial charge in [-0.1, -0.05) is 84.9 Å². The van der Waals surface area contributed by atoms with Crippen molar-refractivity contribution in [3.8, 4) is 11.5 Å². The van der Waals surface area contributed by atoms with Gasteiger partial charge in [-0.3, -0.25) is 24.2 Å². The van der Waals surface area contributed by atoms with Crippen LogP contribution in [0.1, 0.15) is 30.5 Å². The van der Waals surface area contributed by atoms with E-state index in [1.54, 1.807) is 37.6 Å². The molecule has 5 N–H and O–H groups in total. The number of carbonyl (C=O) groups is 4. The van der Waals surface area contributed by atoms with E-state index in [9.17, 15) is 24.3 Å². The van der Waals surface area contributed by atoms with Gasteiger partial charge in [-0.2, -0.15) is 0 Å². The van der Waals surface area contributed by atoms with Crippen molar-refractivity contribution in [2.24, 2.45) is 4.99 Å². The van der Waals surface area contributed by atoms with Crippen molar-refractivity contribution in [1.82, 2.24) is 21.3 Å². The molecule has 12 nitrogen and oxygen atoms in total. The molecule has 0 saturated heterocycles. The van der Waals surface area contributed by atoms with E-state index in [0.717, 1.165) is 28.1 Å². The largest absolute Gasteiger partial charge is 0.497 e. The summed E-state index contributed by atoms with van der Waals surface area (Å²) in [5.74, 6) is -0.665. The molecule has 4 atom stereocenters. The predicted molar refractivity (Wildman–Crippen MR) is 198 cm³/mol. The second-order valence-corrected chi connectivity index (χ2v) is 12.1. The second kappa shape index (κ2) is 20.0. The highest BCUT2D eigenvalue weighted by Gasteiger charge is 2.31. The Balaban J connectivity index is 0.000000513. The number of methoxy groups -OCH3 is 1. The molecular weight excluding hydrogens is 662 g/mol. The SMILES string of the molecule is C1=Nc2ccccc2OC1.COc1ccc(CC(NC(=O)C(C)NC(C)=O)C(=O)NC(Cc2ccccc2)C(O)C(=O)NCc2ccccc2)cc1. The Morgan fingerprint density at radius 1 is 0.750 bits per heavy atom. The topological polar surface area (TPSA) is 167 Å². The first-order valence-electron chi connectivity index (χ1n) is 16.9. The van der Waals surface area contributed by atoms with E-state index in [2.05, 4.69) is 26.3 Å². The van der Waals surface area contributed by atoms with Crippen LogP contribution in [0.5, 0.6) is 11.5 Å². The summed E-state index contributed by atoms with van der Waals surface area (Å²) < 4.78 is 10.5. The van der Waals surface area contributed by atoms with Gasteiger partial charge in [0.2, 0.25) is 17.7 Å². The lowest BCUT2D eigenvalue weighted by molar-refractivity contribution is -0.134. The molecular formula is C40H45N5O7. The molecule has 52 heavy (non-hydrogen) atoms. The molecule has 0 spiro atoms. The molecule has 1 aliphatic rings. The fourth-order valence-electron chi connectivity index (χ4n) is 5.29. The number of ether oxygens (including phenoxy) is 2. The Bertz CT molecular complexity index is 1790. The summed E-state index contributed by atoms with van der Waals surface area (Å²) in [5.41, 5.74) is 3.32. The van der Waals surface area contributed by atoms with Gasteiger partial charge in [0.05, 0.1) is 13.2 Å². The standard InChI is InChI=1S/C32H38N4O6.C8H7NO/c1-21(34-22(2)37)30(39)36-28(19-24-14-16-26(42-3)17-15-24)31(40)35-27(18-23-10-6-4-7-11-23)29(38)32(41)33-20-25-12-8-5-9-13-25;1-2-4-8-7(3-1)9-5-6-10-8/h4-17,21,27-29,38H,18-20H2,1-3H3,(H,33,41)(H,34,37)(H,35,40)(H,36,39);1-5H,6H2. The number of aliphatic hydroxyl groups is 1. The maximum atomic E-state index is 13.7. The molecule has 0 aromatic heterocycles. The van der Waals surface area contributed by atoms with Crippen LogP contribution in [-0.2, 0) is 38.6 Å². The number of aliphatic imine (C=N–C) groups is 1. The van der Waals surface area contributed by atoms with E-state index >= 15 is 0 Å². The molecule has 0 radical (unpaired) electrons. The second-order valence-electron chi connectivity index (χ2n) is 12.1. The number of para-hydroxylation sites is 2. The molecule has 5 rings (SSSR count). The first-order valence-corrected chi connectivity index (χ1v) is 16.9. The molecule has 4 aromatic rings. The number of benzene rings is 4. The number of nitrogens with one attached hydrogen (secondary N) is 4. The van der Waals surface area contributed by atoms with Crippen molar-refractivity contribution in [2.75, 3.05) is 13.7 Å². The van der Waals surface area contributed by atoms with Gasteiger partial charge in [-0.25, -0.2) is 0 Å². The van der Waals surface area contributed by atoms with Crippen LogP contribution in [0.15, 0.2) is 114 Å². The molecule has 4 amide bonds. The van der Waals surface area contributed by atoms with Crippen LogP contribution in [0.4, 0.5) is 5.69 Å². The van der Waals surface area contributed by atoms with Crippen LogP contribution in [0.2, 0.25) is 0 Å². The number of hydrogen-bond acceptors (Lipinski definition) is 8. The van der Waals surface area contributed by atoms with Gasteiger partial charge in [0.25, 0.3) is 5.91 Å². The monoisotopic (exact) mass is 707 g/mol. The van der Waals surface area contributed by atoms with E-state index in [4.69, 9.17) is 9.47 Å². The Hall–Kier alpha value is -6.01. The highest BCUT2D eigenvalue weighted by atomic mass is 16.5. The van der Waals surface area contributed by atoms with Gasteiger partial charge >= 0.3 is 0 Å².